The molecule has 0 atom stereocenters. The first-order chi connectivity index (χ1) is 22.3. The molecule has 4 aromatic rings. The van der Waals surface area contributed by atoms with Gasteiger partial charge in [0.1, 0.15) is 18.5 Å². The number of pyridine rings is 2. The van der Waals surface area contributed by atoms with Gasteiger partial charge in [0.15, 0.2) is 0 Å². The van der Waals surface area contributed by atoms with E-state index >= 15 is 0 Å². The molecule has 0 saturated heterocycles. The summed E-state index contributed by atoms with van der Waals surface area (Å²) >= 11 is 0. The van der Waals surface area contributed by atoms with Crippen LogP contribution in [-0.2, 0) is 29.7 Å². The van der Waals surface area contributed by atoms with E-state index in [1.165, 1.54) is 10.6 Å². The lowest BCUT2D eigenvalue weighted by atomic mass is 9.89. The van der Waals surface area contributed by atoms with Gasteiger partial charge in [0.05, 0.1) is 24.9 Å². The van der Waals surface area contributed by atoms with Gasteiger partial charge >= 0.3 is 12.0 Å². The number of rotatable bonds is 12. The van der Waals surface area contributed by atoms with Crippen molar-refractivity contribution in [2.24, 2.45) is 7.05 Å². The summed E-state index contributed by atoms with van der Waals surface area (Å²) in [5.74, 6) is -0.303. The predicted molar refractivity (Wildman–Crippen MR) is 171 cm³/mol. The molecule has 238 valence electrons. The monoisotopic (exact) mass is 624 g/mol. The van der Waals surface area contributed by atoms with E-state index in [0.29, 0.717) is 12.1 Å². The Balaban J connectivity index is 1.26. The summed E-state index contributed by atoms with van der Waals surface area (Å²) < 4.78 is 8.27. The molecule has 2 amide bonds. The van der Waals surface area contributed by atoms with Crippen LogP contribution in [0.3, 0.4) is 0 Å². The Bertz CT molecular complexity index is 1740. The van der Waals surface area contributed by atoms with E-state index in [4.69, 9.17) is 15.1 Å². The molecule has 0 bridgehead atoms. The number of nitrogens with one attached hydrogen (secondary N) is 2. The summed E-state index contributed by atoms with van der Waals surface area (Å²) in [6, 6.07) is 16.7. The lowest BCUT2D eigenvalue weighted by molar-refractivity contribution is -0.142. The molecule has 0 radical (unpaired) electrons. The van der Waals surface area contributed by atoms with Gasteiger partial charge in [-0.1, -0.05) is 12.1 Å². The van der Waals surface area contributed by atoms with Crippen molar-refractivity contribution < 1.29 is 19.4 Å². The molecule has 0 spiro atoms. The normalized spacial score (nSPS) is 15.9. The zero-order valence-electron chi connectivity index (χ0n) is 25.5. The number of carbonyl (C=O) groups is 2. The van der Waals surface area contributed by atoms with Crippen LogP contribution in [0.2, 0.25) is 0 Å². The number of benzene rings is 1. The second-order valence-corrected chi connectivity index (χ2v) is 11.2. The molecule has 1 aliphatic rings. The van der Waals surface area contributed by atoms with Gasteiger partial charge in [0.25, 0.3) is 0 Å². The SMILES string of the molecule is Cn1cc(-c2ccc(N(C(=O)NCc3cnn(CCOCC(=O)O)c3)C3CCC(Nc4ccc(C#N)cn4)CC3)cc2)ccc1=O. The minimum Gasteiger partial charge on any atom is -0.480 e. The van der Waals surface area contributed by atoms with Crippen LogP contribution in [0.5, 0.6) is 0 Å². The van der Waals surface area contributed by atoms with Crippen molar-refractivity contribution in [3.8, 4) is 17.2 Å². The van der Waals surface area contributed by atoms with Gasteiger partial charge in [-0.15, -0.1) is 0 Å². The van der Waals surface area contributed by atoms with Crippen LogP contribution >= 0.6 is 0 Å². The molecule has 3 N–H and O–H groups in total. The molecular weight excluding hydrogens is 588 g/mol. The first-order valence-corrected chi connectivity index (χ1v) is 15.1. The first-order valence-electron chi connectivity index (χ1n) is 15.1. The Morgan fingerprint density at radius 2 is 1.80 bits per heavy atom. The van der Waals surface area contributed by atoms with Crippen LogP contribution in [0.25, 0.3) is 11.1 Å². The smallest absolute Gasteiger partial charge is 0.329 e. The number of aliphatic carboxylic acids is 1. The maximum absolute atomic E-state index is 13.8. The predicted octanol–water partition coefficient (Wildman–Crippen LogP) is 3.76. The van der Waals surface area contributed by atoms with Gasteiger partial charge in [-0.2, -0.15) is 10.4 Å². The van der Waals surface area contributed by atoms with E-state index in [-0.39, 0.29) is 43.4 Å². The van der Waals surface area contributed by atoms with E-state index in [0.717, 1.165) is 53.9 Å². The van der Waals surface area contributed by atoms with Crippen molar-refractivity contribution in [3.63, 3.8) is 0 Å². The minimum atomic E-state index is -1.02. The molecule has 13 heteroatoms. The molecule has 1 saturated carbocycles. The van der Waals surface area contributed by atoms with Crippen LogP contribution < -0.4 is 21.1 Å². The Hall–Kier alpha value is -5.48. The Labute approximate surface area is 266 Å². The molecule has 1 fully saturated rings. The summed E-state index contributed by atoms with van der Waals surface area (Å²) in [7, 11) is 1.71. The van der Waals surface area contributed by atoms with Gasteiger partial charge in [-0.3, -0.25) is 14.4 Å². The second-order valence-electron chi connectivity index (χ2n) is 11.2. The molecule has 0 aliphatic heterocycles. The topological polar surface area (TPSA) is 167 Å². The molecule has 46 heavy (non-hydrogen) atoms. The number of carboxylic acid groups (broad SMARTS) is 1. The Morgan fingerprint density at radius 1 is 1.04 bits per heavy atom. The van der Waals surface area contributed by atoms with E-state index in [2.05, 4.69) is 26.8 Å². The third kappa shape index (κ3) is 8.36. The Morgan fingerprint density at radius 3 is 2.48 bits per heavy atom. The molecule has 5 rings (SSSR count). The number of urea groups is 1. The number of carbonyl (C=O) groups excluding carboxylic acids is 1. The summed E-state index contributed by atoms with van der Waals surface area (Å²) in [6.45, 7) is 0.505. The number of nitrogens with zero attached hydrogens (tertiary/aromatic N) is 6. The highest BCUT2D eigenvalue weighted by Gasteiger charge is 2.30. The minimum absolute atomic E-state index is 0.0375. The highest BCUT2D eigenvalue weighted by molar-refractivity contribution is 5.93. The maximum Gasteiger partial charge on any atom is 0.329 e. The third-order valence-corrected chi connectivity index (χ3v) is 7.91. The zero-order chi connectivity index (χ0) is 32.5. The van der Waals surface area contributed by atoms with Crippen molar-refractivity contribution in [3.05, 3.63) is 94.8 Å². The van der Waals surface area contributed by atoms with Gasteiger partial charge in [0, 0.05) is 61.6 Å². The molecular formula is C33H36N8O5. The van der Waals surface area contributed by atoms with Gasteiger partial charge in [-0.25, -0.2) is 14.6 Å². The fraction of sp³-hybridized carbons (Fsp3) is 0.333. The maximum atomic E-state index is 13.8. The number of aromatic nitrogens is 4. The molecule has 1 aromatic carbocycles. The van der Waals surface area contributed by atoms with Gasteiger partial charge < -0.3 is 25.0 Å². The van der Waals surface area contributed by atoms with E-state index in [1.807, 2.05) is 35.2 Å². The van der Waals surface area contributed by atoms with E-state index in [9.17, 15) is 14.4 Å². The highest BCUT2D eigenvalue weighted by Crippen LogP contribution is 2.31. The molecule has 13 nitrogen and oxygen atoms in total. The molecule has 3 aromatic heterocycles. The second kappa shape index (κ2) is 15.0. The van der Waals surface area contributed by atoms with Crippen LogP contribution in [0.15, 0.2) is 78.1 Å². The number of aryl methyl sites for hydroxylation is 1. The van der Waals surface area contributed by atoms with Gasteiger partial charge in [-0.05, 0) is 67.1 Å². The fourth-order valence-electron chi connectivity index (χ4n) is 5.51. The Kier molecular flexibility index (Phi) is 10.4. The molecule has 1 aliphatic carbocycles. The first kappa shape index (κ1) is 31.9. The summed E-state index contributed by atoms with van der Waals surface area (Å²) in [5, 5.41) is 28.5. The number of amides is 2. The number of hydrogen-bond donors (Lipinski definition) is 3. The largest absolute Gasteiger partial charge is 0.480 e. The molecule has 3 heterocycles. The van der Waals surface area contributed by atoms with Crippen molar-refractivity contribution in [2.75, 3.05) is 23.4 Å². The summed E-state index contributed by atoms with van der Waals surface area (Å²) in [4.78, 5) is 42.4. The molecule has 0 unspecified atom stereocenters. The quantitative estimate of drug-likeness (QED) is 0.199. The summed E-state index contributed by atoms with van der Waals surface area (Å²) in [6.07, 6.45) is 10.0. The number of hydrogen-bond acceptors (Lipinski definition) is 8. The average molecular weight is 625 g/mol. The van der Waals surface area contributed by atoms with Crippen molar-refractivity contribution in [1.82, 2.24) is 24.6 Å². The zero-order valence-corrected chi connectivity index (χ0v) is 25.5. The highest BCUT2D eigenvalue weighted by atomic mass is 16.5. The van der Waals surface area contributed by atoms with E-state index < -0.39 is 5.97 Å². The van der Waals surface area contributed by atoms with Crippen molar-refractivity contribution >= 4 is 23.5 Å². The number of carboxylic acids is 1. The van der Waals surface area contributed by atoms with Crippen molar-refractivity contribution in [2.45, 2.75) is 50.9 Å². The van der Waals surface area contributed by atoms with Crippen molar-refractivity contribution in [1.29, 1.82) is 5.26 Å². The van der Waals surface area contributed by atoms with Crippen LogP contribution in [0.4, 0.5) is 16.3 Å². The standard InChI is InChI=1S/C33H36N8O5/c1-39-21-26(5-13-31(39)42)25-3-8-28(9-4-25)41(29-10-6-27(7-11-29)38-30-12-2-23(16-34)17-35-30)33(45)36-18-24-19-37-40(20-24)14-15-46-22-32(43)44/h2-5,8-9,12-13,17,19-21,27,29H,6-7,10-11,14-15,18,22H2,1H3,(H,35,38)(H,36,45)(H,43,44). The fourth-order valence-corrected chi connectivity index (χ4v) is 5.51. The van der Waals surface area contributed by atoms with Crippen LogP contribution in [0, 0.1) is 11.3 Å². The van der Waals surface area contributed by atoms with Crippen LogP contribution in [-0.4, -0.2) is 61.7 Å². The third-order valence-electron chi connectivity index (χ3n) is 7.91. The van der Waals surface area contributed by atoms with Gasteiger partial charge in [0.2, 0.25) is 5.56 Å². The number of nitriles is 1. The summed E-state index contributed by atoms with van der Waals surface area (Å²) in [5.41, 5.74) is 3.83. The van der Waals surface area contributed by atoms with Crippen LogP contribution in [0.1, 0.15) is 36.8 Å². The van der Waals surface area contributed by atoms with E-state index in [1.54, 1.807) is 48.6 Å². The number of ether oxygens (including phenoxy) is 1. The lowest BCUT2D eigenvalue weighted by Crippen LogP contribution is -2.48. The number of anilines is 2. The lowest BCUT2D eigenvalue weighted by Gasteiger charge is -2.37. The average Bonchev–Trinajstić information content (AvgIpc) is 3.53.